The SMILES string of the molecule is Cc1cccc(N2C(=O)C(C)(c3ccc(OC(C)C)c(C)c3)c3cc(Cl)ccc32)c1. The lowest BCUT2D eigenvalue weighted by atomic mass is 9.77. The van der Waals surface area contributed by atoms with Gasteiger partial charge in [-0.3, -0.25) is 9.69 Å². The molecule has 0 saturated carbocycles. The number of hydrogen-bond acceptors (Lipinski definition) is 2. The van der Waals surface area contributed by atoms with Crippen molar-refractivity contribution in [3.63, 3.8) is 0 Å². The van der Waals surface area contributed by atoms with Crippen LogP contribution in [-0.4, -0.2) is 12.0 Å². The number of rotatable bonds is 4. The minimum absolute atomic E-state index is 0.0160. The summed E-state index contributed by atoms with van der Waals surface area (Å²) < 4.78 is 5.90. The number of halogens is 1. The monoisotopic (exact) mass is 419 g/mol. The van der Waals surface area contributed by atoms with Gasteiger partial charge in [0.2, 0.25) is 5.91 Å². The standard InChI is InChI=1S/C26H26ClNO2/c1-16(2)30-24-12-9-19(14-18(24)4)26(5)22-15-20(27)10-11-23(22)28(25(26)29)21-8-6-7-17(3)13-21/h6-16H,1-5H3. The number of amides is 1. The lowest BCUT2D eigenvalue weighted by Crippen LogP contribution is -2.36. The Morgan fingerprint density at radius 3 is 2.43 bits per heavy atom. The van der Waals surface area contributed by atoms with Crippen LogP contribution in [0.3, 0.4) is 0 Å². The highest BCUT2D eigenvalue weighted by molar-refractivity contribution is 6.31. The number of carbonyl (C=O) groups excluding carboxylic acids is 1. The Hall–Kier alpha value is -2.78. The van der Waals surface area contributed by atoms with Gasteiger partial charge in [-0.15, -0.1) is 0 Å². The minimum Gasteiger partial charge on any atom is -0.491 e. The van der Waals surface area contributed by atoms with E-state index in [0.717, 1.165) is 39.4 Å². The fraction of sp³-hybridized carbons (Fsp3) is 0.269. The zero-order valence-corrected chi connectivity index (χ0v) is 18.7. The van der Waals surface area contributed by atoms with Crippen LogP contribution in [0.1, 0.15) is 43.0 Å². The molecule has 4 rings (SSSR count). The Morgan fingerprint density at radius 1 is 1.00 bits per heavy atom. The first kappa shape index (κ1) is 20.5. The molecule has 30 heavy (non-hydrogen) atoms. The molecule has 1 heterocycles. The van der Waals surface area contributed by atoms with E-state index < -0.39 is 5.41 Å². The number of anilines is 2. The molecular formula is C26H26ClNO2. The Bertz CT molecular complexity index is 1140. The first-order valence-electron chi connectivity index (χ1n) is 10.2. The first-order valence-corrected chi connectivity index (χ1v) is 10.6. The molecule has 0 saturated heterocycles. The van der Waals surface area contributed by atoms with Crippen molar-refractivity contribution in [2.24, 2.45) is 0 Å². The lowest BCUT2D eigenvalue weighted by Gasteiger charge is -2.26. The molecule has 0 aromatic heterocycles. The highest BCUT2D eigenvalue weighted by Crippen LogP contribution is 2.50. The number of nitrogens with zero attached hydrogens (tertiary/aromatic N) is 1. The predicted molar refractivity (Wildman–Crippen MR) is 123 cm³/mol. The summed E-state index contributed by atoms with van der Waals surface area (Å²) in [5.41, 5.74) is 4.85. The summed E-state index contributed by atoms with van der Waals surface area (Å²) in [7, 11) is 0. The van der Waals surface area contributed by atoms with E-state index in [4.69, 9.17) is 16.3 Å². The number of ether oxygens (including phenoxy) is 1. The fourth-order valence-electron chi connectivity index (χ4n) is 4.20. The van der Waals surface area contributed by atoms with E-state index in [2.05, 4.69) is 6.07 Å². The van der Waals surface area contributed by atoms with E-state index in [0.29, 0.717) is 5.02 Å². The van der Waals surface area contributed by atoms with Gasteiger partial charge in [0.1, 0.15) is 5.75 Å². The second-order valence-corrected chi connectivity index (χ2v) is 8.85. The van der Waals surface area contributed by atoms with Crippen molar-refractivity contribution in [2.45, 2.75) is 46.1 Å². The summed E-state index contributed by atoms with van der Waals surface area (Å²) in [5, 5.41) is 0.621. The van der Waals surface area contributed by atoms with Crippen LogP contribution in [0.15, 0.2) is 60.7 Å². The van der Waals surface area contributed by atoms with E-state index in [1.54, 1.807) is 0 Å². The second kappa shape index (κ2) is 7.48. The zero-order chi connectivity index (χ0) is 21.6. The normalized spacial score (nSPS) is 18.1. The van der Waals surface area contributed by atoms with Crippen LogP contribution in [0.25, 0.3) is 0 Å². The number of carbonyl (C=O) groups is 1. The van der Waals surface area contributed by atoms with Crippen molar-refractivity contribution >= 4 is 28.9 Å². The van der Waals surface area contributed by atoms with Gasteiger partial charge in [-0.25, -0.2) is 0 Å². The summed E-state index contributed by atoms with van der Waals surface area (Å²) in [6.45, 7) is 10.0. The van der Waals surface area contributed by atoms with Gasteiger partial charge in [0.15, 0.2) is 0 Å². The van der Waals surface area contributed by atoms with Crippen LogP contribution in [0.5, 0.6) is 5.75 Å². The summed E-state index contributed by atoms with van der Waals surface area (Å²) in [6, 6.07) is 19.7. The van der Waals surface area contributed by atoms with Crippen molar-refractivity contribution in [2.75, 3.05) is 4.90 Å². The molecule has 1 amide bonds. The van der Waals surface area contributed by atoms with Gasteiger partial charge in [-0.2, -0.15) is 0 Å². The van der Waals surface area contributed by atoms with Gasteiger partial charge in [0.25, 0.3) is 0 Å². The molecular weight excluding hydrogens is 394 g/mol. The van der Waals surface area contributed by atoms with Crippen LogP contribution in [0, 0.1) is 13.8 Å². The Kier molecular flexibility index (Phi) is 5.11. The molecule has 1 unspecified atom stereocenters. The van der Waals surface area contributed by atoms with Gasteiger partial charge in [-0.1, -0.05) is 35.9 Å². The highest BCUT2D eigenvalue weighted by atomic mass is 35.5. The van der Waals surface area contributed by atoms with Crippen molar-refractivity contribution in [1.29, 1.82) is 0 Å². The molecule has 0 aliphatic carbocycles. The summed E-state index contributed by atoms with van der Waals surface area (Å²) in [6.07, 6.45) is 0.0922. The molecule has 1 aliphatic rings. The van der Waals surface area contributed by atoms with Gasteiger partial charge < -0.3 is 4.74 Å². The average Bonchev–Trinajstić information content (AvgIpc) is 2.91. The number of benzene rings is 3. The maximum absolute atomic E-state index is 13.9. The smallest absolute Gasteiger partial charge is 0.246 e. The number of hydrogen-bond donors (Lipinski definition) is 0. The third-order valence-corrected chi connectivity index (χ3v) is 5.98. The second-order valence-electron chi connectivity index (χ2n) is 8.41. The van der Waals surface area contributed by atoms with Crippen LogP contribution >= 0.6 is 11.6 Å². The molecule has 4 heteroatoms. The molecule has 3 aromatic carbocycles. The third-order valence-electron chi connectivity index (χ3n) is 5.74. The van der Waals surface area contributed by atoms with E-state index in [-0.39, 0.29) is 12.0 Å². The third kappa shape index (κ3) is 3.27. The van der Waals surface area contributed by atoms with E-state index in [1.165, 1.54) is 0 Å². The Labute approximate surface area is 183 Å². The maximum Gasteiger partial charge on any atom is 0.246 e. The van der Waals surface area contributed by atoms with Gasteiger partial charge in [-0.05, 0) is 93.3 Å². The molecule has 1 aliphatic heterocycles. The number of fused-ring (bicyclic) bond motifs is 1. The molecule has 3 aromatic rings. The highest BCUT2D eigenvalue weighted by Gasteiger charge is 2.49. The fourth-order valence-corrected chi connectivity index (χ4v) is 4.37. The van der Waals surface area contributed by atoms with Crippen LogP contribution < -0.4 is 9.64 Å². The molecule has 0 bridgehead atoms. The topological polar surface area (TPSA) is 29.5 Å². The Balaban J connectivity index is 1.89. The maximum atomic E-state index is 13.9. The van der Waals surface area contributed by atoms with Crippen LogP contribution in [-0.2, 0) is 10.2 Å². The first-order chi connectivity index (χ1) is 14.2. The van der Waals surface area contributed by atoms with Crippen molar-refractivity contribution in [3.05, 3.63) is 87.9 Å². The van der Waals surface area contributed by atoms with Crippen LogP contribution in [0.2, 0.25) is 5.02 Å². The van der Waals surface area contributed by atoms with E-state index in [1.807, 2.05) is 94.1 Å². The van der Waals surface area contributed by atoms with E-state index >= 15 is 0 Å². The quantitative estimate of drug-likeness (QED) is 0.469. The molecule has 0 radical (unpaired) electrons. The van der Waals surface area contributed by atoms with Gasteiger partial charge in [0.05, 0.1) is 17.2 Å². The molecule has 1 atom stereocenters. The largest absolute Gasteiger partial charge is 0.491 e. The summed E-state index contributed by atoms with van der Waals surface area (Å²) >= 11 is 6.37. The minimum atomic E-state index is -0.842. The van der Waals surface area contributed by atoms with Gasteiger partial charge in [0, 0.05) is 10.7 Å². The summed E-state index contributed by atoms with van der Waals surface area (Å²) in [5.74, 6) is 0.854. The zero-order valence-electron chi connectivity index (χ0n) is 18.0. The molecule has 0 N–H and O–H groups in total. The molecule has 3 nitrogen and oxygen atoms in total. The van der Waals surface area contributed by atoms with Crippen molar-refractivity contribution < 1.29 is 9.53 Å². The average molecular weight is 420 g/mol. The summed E-state index contributed by atoms with van der Waals surface area (Å²) in [4.78, 5) is 15.7. The van der Waals surface area contributed by atoms with Crippen molar-refractivity contribution in [1.82, 2.24) is 0 Å². The lowest BCUT2D eigenvalue weighted by molar-refractivity contribution is -0.120. The van der Waals surface area contributed by atoms with Crippen molar-refractivity contribution in [3.8, 4) is 5.75 Å². The van der Waals surface area contributed by atoms with E-state index in [9.17, 15) is 4.79 Å². The Morgan fingerprint density at radius 2 is 1.77 bits per heavy atom. The molecule has 0 fully saturated rings. The predicted octanol–water partition coefficient (Wildman–Crippen LogP) is 6.73. The molecule has 0 spiro atoms. The van der Waals surface area contributed by atoms with Gasteiger partial charge >= 0.3 is 0 Å². The number of aryl methyl sites for hydroxylation is 2. The van der Waals surface area contributed by atoms with Crippen LogP contribution in [0.4, 0.5) is 11.4 Å². The molecule has 154 valence electrons.